The van der Waals surface area contributed by atoms with Crippen LogP contribution in [-0.4, -0.2) is 34.5 Å². The van der Waals surface area contributed by atoms with Gasteiger partial charge in [0.2, 0.25) is 5.91 Å². The van der Waals surface area contributed by atoms with Crippen molar-refractivity contribution in [3.05, 3.63) is 66.5 Å². The summed E-state index contributed by atoms with van der Waals surface area (Å²) in [6, 6.07) is 16.3. The van der Waals surface area contributed by atoms with Crippen molar-refractivity contribution in [3.8, 4) is 0 Å². The Morgan fingerprint density at radius 3 is 2.48 bits per heavy atom. The Morgan fingerprint density at radius 1 is 1.00 bits per heavy atom. The number of carbonyl (C=O) groups is 2. The molecule has 6 nitrogen and oxygen atoms in total. The lowest BCUT2D eigenvalue weighted by atomic mass is 10.2. The summed E-state index contributed by atoms with van der Waals surface area (Å²) >= 11 is 0. The lowest BCUT2D eigenvalue weighted by Crippen LogP contribution is -2.37. The van der Waals surface area contributed by atoms with Crippen LogP contribution in [0.15, 0.2) is 60.9 Å². The standard InChI is InChI=1S/C19H20N4O2/c1-14(23-13-22-16-9-5-6-10-17(16)23)18(24)20-11-12-21-19(25)15-7-3-2-4-8-15/h2-10,13-14H,11-12H2,1H3,(H,20,24)(H,21,25)/t14-/m1/s1. The first-order valence-corrected chi connectivity index (χ1v) is 8.19. The minimum absolute atomic E-state index is 0.114. The van der Waals surface area contributed by atoms with Gasteiger partial charge in [-0.3, -0.25) is 9.59 Å². The second-order valence-electron chi connectivity index (χ2n) is 5.73. The van der Waals surface area contributed by atoms with Crippen LogP contribution in [0.2, 0.25) is 0 Å². The van der Waals surface area contributed by atoms with E-state index in [1.807, 2.05) is 54.0 Å². The maximum Gasteiger partial charge on any atom is 0.251 e. The van der Waals surface area contributed by atoms with Gasteiger partial charge in [0.05, 0.1) is 17.4 Å². The van der Waals surface area contributed by atoms with Gasteiger partial charge in [-0.05, 0) is 31.2 Å². The van der Waals surface area contributed by atoms with Crippen molar-refractivity contribution < 1.29 is 9.59 Å². The van der Waals surface area contributed by atoms with E-state index in [1.54, 1.807) is 18.5 Å². The Kier molecular flexibility index (Phi) is 5.09. The number of nitrogens with one attached hydrogen (secondary N) is 2. The van der Waals surface area contributed by atoms with Gasteiger partial charge in [0, 0.05) is 18.7 Å². The van der Waals surface area contributed by atoms with Crippen molar-refractivity contribution in [2.24, 2.45) is 0 Å². The maximum atomic E-state index is 12.3. The van der Waals surface area contributed by atoms with E-state index in [9.17, 15) is 9.59 Å². The number of para-hydroxylation sites is 2. The van der Waals surface area contributed by atoms with E-state index in [-0.39, 0.29) is 17.9 Å². The SMILES string of the molecule is C[C@H](C(=O)NCCNC(=O)c1ccccc1)n1cnc2ccccc21. The van der Waals surface area contributed by atoms with E-state index in [0.717, 1.165) is 11.0 Å². The molecule has 0 aliphatic rings. The molecule has 25 heavy (non-hydrogen) atoms. The number of imidazole rings is 1. The van der Waals surface area contributed by atoms with Crippen LogP contribution in [0.5, 0.6) is 0 Å². The third kappa shape index (κ3) is 3.85. The highest BCUT2D eigenvalue weighted by Crippen LogP contribution is 2.17. The van der Waals surface area contributed by atoms with Gasteiger partial charge in [-0.1, -0.05) is 30.3 Å². The second-order valence-corrected chi connectivity index (χ2v) is 5.73. The largest absolute Gasteiger partial charge is 0.353 e. The summed E-state index contributed by atoms with van der Waals surface area (Å²) in [5.74, 6) is -0.263. The predicted molar refractivity (Wildman–Crippen MR) is 96.2 cm³/mol. The minimum Gasteiger partial charge on any atom is -0.353 e. The molecule has 0 saturated heterocycles. The summed E-state index contributed by atoms with van der Waals surface area (Å²) in [5.41, 5.74) is 2.38. The van der Waals surface area contributed by atoms with Crippen LogP contribution in [0, 0.1) is 0 Å². The lowest BCUT2D eigenvalue weighted by molar-refractivity contribution is -0.123. The summed E-state index contributed by atoms with van der Waals surface area (Å²) < 4.78 is 1.84. The third-order valence-electron chi connectivity index (χ3n) is 4.02. The van der Waals surface area contributed by atoms with Gasteiger partial charge in [-0.15, -0.1) is 0 Å². The van der Waals surface area contributed by atoms with Gasteiger partial charge in [0.15, 0.2) is 0 Å². The Balaban J connectivity index is 1.50. The number of rotatable bonds is 6. The summed E-state index contributed by atoms with van der Waals surface area (Å²) in [5, 5.41) is 5.62. The van der Waals surface area contributed by atoms with Crippen LogP contribution in [0.25, 0.3) is 11.0 Å². The topological polar surface area (TPSA) is 76.0 Å². The number of fused-ring (bicyclic) bond motifs is 1. The summed E-state index contributed by atoms with van der Waals surface area (Å²) in [7, 11) is 0. The minimum atomic E-state index is -0.378. The molecule has 3 rings (SSSR count). The van der Waals surface area contributed by atoms with E-state index in [0.29, 0.717) is 18.7 Å². The molecular weight excluding hydrogens is 316 g/mol. The average molecular weight is 336 g/mol. The van der Waals surface area contributed by atoms with Gasteiger partial charge in [-0.2, -0.15) is 0 Å². The Hall–Kier alpha value is -3.15. The molecule has 0 radical (unpaired) electrons. The van der Waals surface area contributed by atoms with Gasteiger partial charge in [0.25, 0.3) is 5.91 Å². The van der Waals surface area contributed by atoms with Crippen LogP contribution in [0.4, 0.5) is 0 Å². The van der Waals surface area contributed by atoms with E-state index < -0.39 is 0 Å². The number of benzene rings is 2. The van der Waals surface area contributed by atoms with Crippen molar-refractivity contribution in [3.63, 3.8) is 0 Å². The fourth-order valence-electron chi connectivity index (χ4n) is 2.61. The molecule has 0 spiro atoms. The molecule has 1 heterocycles. The quantitative estimate of drug-likeness (QED) is 0.677. The van der Waals surface area contributed by atoms with Gasteiger partial charge in [0.1, 0.15) is 6.04 Å². The zero-order valence-corrected chi connectivity index (χ0v) is 14.0. The third-order valence-corrected chi connectivity index (χ3v) is 4.02. The molecule has 0 aliphatic heterocycles. The second kappa shape index (κ2) is 7.61. The Labute approximate surface area is 145 Å². The first-order valence-electron chi connectivity index (χ1n) is 8.19. The number of hydrogen-bond acceptors (Lipinski definition) is 3. The van der Waals surface area contributed by atoms with Crippen LogP contribution < -0.4 is 10.6 Å². The number of carbonyl (C=O) groups excluding carboxylic acids is 2. The van der Waals surface area contributed by atoms with Crippen molar-refractivity contribution in [2.75, 3.05) is 13.1 Å². The van der Waals surface area contributed by atoms with Crippen LogP contribution in [0.1, 0.15) is 23.3 Å². The molecule has 0 fully saturated rings. The molecule has 6 heteroatoms. The monoisotopic (exact) mass is 336 g/mol. The highest BCUT2D eigenvalue weighted by atomic mass is 16.2. The Morgan fingerprint density at radius 2 is 1.68 bits per heavy atom. The summed E-state index contributed by atoms with van der Waals surface area (Å²) in [4.78, 5) is 28.5. The van der Waals surface area contributed by atoms with Crippen LogP contribution in [0.3, 0.4) is 0 Å². The molecule has 128 valence electrons. The highest BCUT2D eigenvalue weighted by molar-refractivity contribution is 5.94. The van der Waals surface area contributed by atoms with Gasteiger partial charge < -0.3 is 15.2 Å². The molecule has 2 aromatic carbocycles. The first kappa shape index (κ1) is 16.7. The first-order chi connectivity index (χ1) is 12.2. The molecule has 0 saturated carbocycles. The smallest absolute Gasteiger partial charge is 0.251 e. The highest BCUT2D eigenvalue weighted by Gasteiger charge is 2.16. The van der Waals surface area contributed by atoms with Crippen molar-refractivity contribution in [1.29, 1.82) is 0 Å². The molecule has 3 aromatic rings. The number of amides is 2. The number of nitrogens with zero attached hydrogens (tertiary/aromatic N) is 2. The zero-order valence-electron chi connectivity index (χ0n) is 14.0. The fraction of sp³-hybridized carbons (Fsp3) is 0.211. The number of hydrogen-bond donors (Lipinski definition) is 2. The van der Waals surface area contributed by atoms with Crippen LogP contribution in [-0.2, 0) is 4.79 Å². The van der Waals surface area contributed by atoms with Crippen molar-refractivity contribution >= 4 is 22.8 Å². The van der Waals surface area contributed by atoms with E-state index in [2.05, 4.69) is 15.6 Å². The van der Waals surface area contributed by atoms with Crippen molar-refractivity contribution in [1.82, 2.24) is 20.2 Å². The molecule has 0 bridgehead atoms. The summed E-state index contributed by atoms with van der Waals surface area (Å²) in [6.07, 6.45) is 1.67. The average Bonchev–Trinajstić information content (AvgIpc) is 3.09. The van der Waals surface area contributed by atoms with E-state index >= 15 is 0 Å². The van der Waals surface area contributed by atoms with Gasteiger partial charge in [-0.25, -0.2) is 4.98 Å². The molecule has 2 amide bonds. The van der Waals surface area contributed by atoms with E-state index in [1.165, 1.54) is 0 Å². The predicted octanol–water partition coefficient (Wildman–Crippen LogP) is 2.14. The molecule has 1 atom stereocenters. The lowest BCUT2D eigenvalue weighted by Gasteiger charge is -2.15. The number of aromatic nitrogens is 2. The molecule has 1 aromatic heterocycles. The van der Waals surface area contributed by atoms with E-state index in [4.69, 9.17) is 0 Å². The normalized spacial score (nSPS) is 11.9. The van der Waals surface area contributed by atoms with Crippen molar-refractivity contribution in [2.45, 2.75) is 13.0 Å². The maximum absolute atomic E-state index is 12.3. The molecule has 0 aliphatic carbocycles. The van der Waals surface area contributed by atoms with Gasteiger partial charge >= 0.3 is 0 Å². The molecule has 2 N–H and O–H groups in total. The fourth-order valence-corrected chi connectivity index (χ4v) is 2.61. The summed E-state index contributed by atoms with van der Waals surface area (Å²) in [6.45, 7) is 2.57. The molecular formula is C19H20N4O2. The Bertz CT molecular complexity index is 873. The zero-order chi connectivity index (χ0) is 17.6. The van der Waals surface area contributed by atoms with Crippen LogP contribution >= 0.6 is 0 Å². The molecule has 0 unspecified atom stereocenters.